The molecule has 108 valence electrons. The van der Waals surface area contributed by atoms with Crippen molar-refractivity contribution in [2.75, 3.05) is 10.6 Å². The third-order valence-electron chi connectivity index (χ3n) is 2.98. The lowest BCUT2D eigenvalue weighted by Crippen LogP contribution is -2.19. The van der Waals surface area contributed by atoms with Gasteiger partial charge < -0.3 is 5.32 Å². The molecule has 2 N–H and O–H groups in total. The van der Waals surface area contributed by atoms with Crippen LogP contribution in [-0.2, 0) is 6.42 Å². The van der Waals surface area contributed by atoms with Gasteiger partial charge in [-0.05, 0) is 37.1 Å². The van der Waals surface area contributed by atoms with Gasteiger partial charge in [0.15, 0.2) is 0 Å². The van der Waals surface area contributed by atoms with Crippen LogP contribution < -0.4 is 10.6 Å². The number of rotatable bonds is 3. The highest BCUT2D eigenvalue weighted by atomic mass is 32.1. The molecule has 1 aromatic carbocycles. The topological polar surface area (TPSA) is 64.9 Å². The smallest absolute Gasteiger partial charge is 0.308 e. The molecule has 0 bridgehead atoms. The summed E-state index contributed by atoms with van der Waals surface area (Å²) in [7, 11) is 0. The number of hydrogen-bond donors (Lipinski definition) is 2. The van der Waals surface area contributed by atoms with Crippen molar-refractivity contribution in [3.05, 3.63) is 46.1 Å². The van der Waals surface area contributed by atoms with Crippen molar-refractivity contribution in [3.63, 3.8) is 0 Å². The van der Waals surface area contributed by atoms with Gasteiger partial charge in [-0.2, -0.15) is 5.26 Å². The second kappa shape index (κ2) is 6.37. The molecular weight excluding hydrogens is 289 g/mol. The predicted octanol–water partition coefficient (Wildman–Crippen LogP) is 4.27. The maximum absolute atomic E-state index is 13.1. The minimum Gasteiger partial charge on any atom is -0.308 e. The van der Waals surface area contributed by atoms with Crippen LogP contribution in [0.15, 0.2) is 24.3 Å². The fraction of sp³-hybridized carbons (Fsp3) is 0.200. The zero-order chi connectivity index (χ0) is 15.4. The zero-order valence-corrected chi connectivity index (χ0v) is 12.5. The van der Waals surface area contributed by atoms with Crippen molar-refractivity contribution in [1.82, 2.24) is 0 Å². The summed E-state index contributed by atoms with van der Waals surface area (Å²) in [5.74, 6) is -0.425. The van der Waals surface area contributed by atoms with E-state index in [1.807, 2.05) is 13.8 Å². The van der Waals surface area contributed by atoms with E-state index in [0.717, 1.165) is 16.9 Å². The van der Waals surface area contributed by atoms with Gasteiger partial charge in [-0.25, -0.2) is 9.18 Å². The molecule has 2 amide bonds. The van der Waals surface area contributed by atoms with Gasteiger partial charge in [0.05, 0.1) is 5.56 Å². The molecule has 0 unspecified atom stereocenters. The van der Waals surface area contributed by atoms with Crippen LogP contribution >= 0.6 is 11.3 Å². The first-order chi connectivity index (χ1) is 10.0. The number of halogens is 1. The summed E-state index contributed by atoms with van der Waals surface area (Å²) in [6.07, 6.45) is 0.735. The maximum atomic E-state index is 13.1. The van der Waals surface area contributed by atoms with E-state index in [1.54, 1.807) is 6.07 Å². The van der Waals surface area contributed by atoms with Gasteiger partial charge in [-0.15, -0.1) is 11.3 Å². The molecule has 0 fully saturated rings. The van der Waals surface area contributed by atoms with E-state index in [1.165, 1.54) is 29.5 Å². The van der Waals surface area contributed by atoms with Crippen molar-refractivity contribution in [3.8, 4) is 6.07 Å². The predicted molar refractivity (Wildman–Crippen MR) is 82.2 cm³/mol. The van der Waals surface area contributed by atoms with Gasteiger partial charge in [0.1, 0.15) is 16.9 Å². The minimum atomic E-state index is -0.499. The molecule has 2 rings (SSSR count). The Morgan fingerprint density at radius 3 is 2.81 bits per heavy atom. The number of nitriles is 1. The SMILES string of the molecule is CCc1c(C)sc(NC(=O)Nc2cccc(F)c2)c1C#N. The van der Waals surface area contributed by atoms with Crippen LogP contribution in [0.2, 0.25) is 0 Å². The van der Waals surface area contributed by atoms with Crippen LogP contribution in [0.5, 0.6) is 0 Å². The molecule has 0 aliphatic rings. The van der Waals surface area contributed by atoms with Crippen molar-refractivity contribution >= 4 is 28.1 Å². The summed E-state index contributed by atoms with van der Waals surface area (Å²) in [5.41, 5.74) is 1.80. The Hall–Kier alpha value is -2.39. The van der Waals surface area contributed by atoms with E-state index in [-0.39, 0.29) is 0 Å². The Morgan fingerprint density at radius 1 is 1.43 bits per heavy atom. The number of carbonyl (C=O) groups excluding carboxylic acids is 1. The lowest BCUT2D eigenvalue weighted by atomic mass is 10.1. The number of nitrogens with one attached hydrogen (secondary N) is 2. The van der Waals surface area contributed by atoms with E-state index in [4.69, 9.17) is 0 Å². The molecule has 0 saturated carbocycles. The molecule has 0 aliphatic carbocycles. The van der Waals surface area contributed by atoms with E-state index in [9.17, 15) is 14.4 Å². The Bertz CT molecular complexity index is 718. The highest BCUT2D eigenvalue weighted by Gasteiger charge is 2.16. The standard InChI is InChI=1S/C15H14FN3OS/c1-3-12-9(2)21-14(13(12)8-17)19-15(20)18-11-6-4-5-10(16)7-11/h4-7H,3H2,1-2H3,(H2,18,19,20). The van der Waals surface area contributed by atoms with Gasteiger partial charge in [-0.3, -0.25) is 5.32 Å². The Kier molecular flexibility index (Phi) is 4.55. The molecule has 6 heteroatoms. The van der Waals surface area contributed by atoms with Crippen molar-refractivity contribution in [1.29, 1.82) is 5.26 Å². The Morgan fingerprint density at radius 2 is 2.19 bits per heavy atom. The van der Waals surface area contributed by atoms with E-state index in [0.29, 0.717) is 16.3 Å². The van der Waals surface area contributed by atoms with Crippen molar-refractivity contribution < 1.29 is 9.18 Å². The average molecular weight is 303 g/mol. The highest BCUT2D eigenvalue weighted by Crippen LogP contribution is 2.32. The number of hydrogen-bond acceptors (Lipinski definition) is 3. The zero-order valence-electron chi connectivity index (χ0n) is 11.7. The summed E-state index contributed by atoms with van der Waals surface area (Å²) in [5, 5.41) is 14.9. The molecule has 1 heterocycles. The molecule has 0 aliphatic heterocycles. The van der Waals surface area contributed by atoms with Crippen LogP contribution in [0.1, 0.15) is 22.9 Å². The van der Waals surface area contributed by atoms with Gasteiger partial charge in [0, 0.05) is 10.6 Å². The van der Waals surface area contributed by atoms with E-state index < -0.39 is 11.8 Å². The largest absolute Gasteiger partial charge is 0.324 e. The van der Waals surface area contributed by atoms with E-state index >= 15 is 0 Å². The monoisotopic (exact) mass is 303 g/mol. The summed E-state index contributed by atoms with van der Waals surface area (Å²) in [6, 6.07) is 7.24. The number of aryl methyl sites for hydroxylation is 1. The van der Waals surface area contributed by atoms with Crippen molar-refractivity contribution in [2.24, 2.45) is 0 Å². The summed E-state index contributed by atoms with van der Waals surface area (Å²) in [6.45, 7) is 3.88. The minimum absolute atomic E-state index is 0.356. The van der Waals surface area contributed by atoms with Crippen LogP contribution in [0.25, 0.3) is 0 Å². The van der Waals surface area contributed by atoms with Gasteiger partial charge in [0.2, 0.25) is 0 Å². The first-order valence-corrected chi connectivity index (χ1v) is 7.22. The number of anilines is 2. The highest BCUT2D eigenvalue weighted by molar-refractivity contribution is 7.16. The molecular formula is C15H14FN3OS. The number of carbonyl (C=O) groups is 1. The van der Waals surface area contributed by atoms with Gasteiger partial charge >= 0.3 is 6.03 Å². The second-order valence-corrected chi connectivity index (χ2v) is 5.62. The van der Waals surface area contributed by atoms with Crippen molar-refractivity contribution in [2.45, 2.75) is 20.3 Å². The maximum Gasteiger partial charge on any atom is 0.324 e. The fourth-order valence-electron chi connectivity index (χ4n) is 2.04. The molecule has 0 radical (unpaired) electrons. The average Bonchev–Trinajstić information content (AvgIpc) is 2.73. The second-order valence-electron chi connectivity index (χ2n) is 4.40. The number of amides is 2. The third-order valence-corrected chi connectivity index (χ3v) is 4.05. The van der Waals surface area contributed by atoms with E-state index in [2.05, 4.69) is 16.7 Å². The number of benzene rings is 1. The fourth-order valence-corrected chi connectivity index (χ4v) is 3.13. The molecule has 2 aromatic rings. The van der Waals surface area contributed by atoms with Crippen LogP contribution in [0.3, 0.4) is 0 Å². The molecule has 4 nitrogen and oxygen atoms in total. The Balaban J connectivity index is 2.15. The molecule has 0 saturated heterocycles. The molecule has 0 atom stereocenters. The molecule has 1 aromatic heterocycles. The van der Waals surface area contributed by atoms with Gasteiger partial charge in [0.25, 0.3) is 0 Å². The molecule has 0 spiro atoms. The van der Waals surface area contributed by atoms with Crippen LogP contribution in [0, 0.1) is 24.1 Å². The lowest BCUT2D eigenvalue weighted by molar-refractivity contribution is 0.262. The van der Waals surface area contributed by atoms with Crippen LogP contribution in [-0.4, -0.2) is 6.03 Å². The number of nitrogens with zero attached hydrogens (tertiary/aromatic N) is 1. The summed E-state index contributed by atoms with van der Waals surface area (Å²) >= 11 is 1.36. The Labute approximate surface area is 126 Å². The van der Waals surface area contributed by atoms with Crippen LogP contribution in [0.4, 0.5) is 19.9 Å². The lowest BCUT2D eigenvalue weighted by Gasteiger charge is -2.06. The van der Waals surface area contributed by atoms with Gasteiger partial charge in [-0.1, -0.05) is 13.0 Å². The third kappa shape index (κ3) is 3.38. The summed E-state index contributed by atoms with van der Waals surface area (Å²) in [4.78, 5) is 12.9. The first-order valence-electron chi connectivity index (χ1n) is 6.41. The number of thiophene rings is 1. The normalized spacial score (nSPS) is 10.0. The quantitative estimate of drug-likeness (QED) is 0.889. The number of urea groups is 1. The first kappa shape index (κ1) is 15.0. The molecule has 21 heavy (non-hydrogen) atoms. The summed E-state index contributed by atoms with van der Waals surface area (Å²) < 4.78 is 13.1.